The van der Waals surface area contributed by atoms with Gasteiger partial charge in [0, 0.05) is 48.4 Å². The molecule has 0 bridgehead atoms. The van der Waals surface area contributed by atoms with Crippen LogP contribution in [0.5, 0.6) is 0 Å². The Labute approximate surface area is 486 Å². The predicted molar refractivity (Wildman–Crippen MR) is 281 cm³/mol. The van der Waals surface area contributed by atoms with Crippen molar-refractivity contribution in [3.63, 3.8) is 0 Å². The molecule has 1 atom stereocenters. The lowest BCUT2D eigenvalue weighted by Crippen LogP contribution is -2.22. The van der Waals surface area contributed by atoms with Gasteiger partial charge >= 0.3 is 24.7 Å². The standard InChI is InChI=1S/C16H12F5N3O2S.C10H5F5O.C8H5ClF3N.C7H4F2O.C6H9N3O2S.C3H3F3O.ClH/c17-9-1-6-12(13(18)7-9)14-8-15(16(19,20)21)23-24(14)10-2-4-11(5-3-10)27(22,25)26;11-7-3-1-6(8(12)5-7)2-4-9(16)10(13,14)15;9-7(8(10,11)12)13-6-4-2-1-3-5-6;8-6-2-1-5(4-10)7(9)3-6;7-9-5-1-3-6(4-2-5)12(8,10)11;1-2(7)3(4,5)6;/h1-7,14H,8H2,(H2,22,25,26);1-5H;1-5H;1-4H;1-4,9H,7H2,(H2,8,10,11);1H3;1H/b;4-2+;;;;;. The lowest BCUT2D eigenvalue weighted by molar-refractivity contribution is -0.168. The van der Waals surface area contributed by atoms with Gasteiger partial charge in [-0.15, -0.1) is 12.4 Å². The zero-order valence-electron chi connectivity index (χ0n) is 42.6. The van der Waals surface area contributed by atoms with Crippen LogP contribution in [-0.4, -0.2) is 70.3 Å². The lowest BCUT2D eigenvalue weighted by Gasteiger charge is -2.24. The van der Waals surface area contributed by atoms with E-state index in [1.807, 2.05) is 0 Å². The summed E-state index contributed by atoms with van der Waals surface area (Å²) in [5, 5.41) is 12.9. The first kappa shape index (κ1) is 76.1. The highest BCUT2D eigenvalue weighted by Gasteiger charge is 2.44. The van der Waals surface area contributed by atoms with Crippen LogP contribution >= 0.6 is 24.0 Å². The third-order valence-corrected chi connectivity index (χ3v) is 11.9. The van der Waals surface area contributed by atoms with Gasteiger partial charge in [-0.1, -0.05) is 35.9 Å². The maximum absolute atomic E-state index is 14.1. The van der Waals surface area contributed by atoms with Gasteiger partial charge < -0.3 is 5.43 Å². The lowest BCUT2D eigenvalue weighted by atomic mass is 10.0. The predicted octanol–water partition coefficient (Wildman–Crippen LogP) is 13.1. The van der Waals surface area contributed by atoms with E-state index in [0.29, 0.717) is 43.2 Å². The number of anilines is 2. The molecule has 0 saturated carbocycles. The van der Waals surface area contributed by atoms with Crippen molar-refractivity contribution in [2.45, 2.75) is 53.9 Å². The number of benzene rings is 6. The fraction of sp³-hybridized carbons (Fsp3) is 0.140. The summed E-state index contributed by atoms with van der Waals surface area (Å²) in [6, 6.07) is 24.7. The van der Waals surface area contributed by atoms with E-state index in [1.54, 1.807) is 18.2 Å². The minimum absolute atomic E-state index is 0. The molecule has 1 heterocycles. The first-order chi connectivity index (χ1) is 39.0. The highest BCUT2D eigenvalue weighted by molar-refractivity contribution is 7.89. The first-order valence-corrected chi connectivity index (χ1v) is 25.7. The summed E-state index contributed by atoms with van der Waals surface area (Å²) < 4.78 is 264. The van der Waals surface area contributed by atoms with Crippen molar-refractivity contribution in [3.8, 4) is 0 Å². The summed E-state index contributed by atoms with van der Waals surface area (Å²) in [6.45, 7) is 0.486. The molecule has 1 unspecified atom stereocenters. The van der Waals surface area contributed by atoms with Crippen molar-refractivity contribution in [1.29, 1.82) is 0 Å². The number of aliphatic imine (C=N–C) groups is 1. The fourth-order valence-corrected chi connectivity index (χ4v) is 6.76. The van der Waals surface area contributed by atoms with Gasteiger partial charge in [-0.05, 0) is 103 Å². The topological polar surface area (TPSA) is 238 Å². The molecule has 6 aromatic rings. The Morgan fingerprint density at radius 3 is 1.43 bits per heavy atom. The number of sulfonamides is 2. The number of para-hydroxylation sites is 1. The SMILES string of the molecule is CC(=O)C(F)(F)F.Cl.FC(F)(F)C(Cl)=Nc1ccccc1.NNc1ccc(S(N)(=O)=O)cc1.NS(=O)(=O)c1ccc(N2N=C(C(F)(F)F)CC2c2ccc(F)cc2F)cc1.O=C(/C=C/c1ccc(F)cc1F)C(F)(F)F.O=Cc1ccc(F)cc1F. The van der Waals surface area contributed by atoms with Gasteiger partial charge in [0.2, 0.25) is 31.0 Å². The van der Waals surface area contributed by atoms with Crippen LogP contribution in [0.15, 0.2) is 159 Å². The largest absolute Gasteiger partial charge is 0.454 e. The Balaban J connectivity index is 0.000000545. The zero-order chi connectivity index (χ0) is 65.1. The number of carbonyl (C=O) groups excluding carboxylic acids is 3. The smallest absolute Gasteiger partial charge is 0.324 e. The number of hydrazine groups is 1. The van der Waals surface area contributed by atoms with E-state index in [0.717, 1.165) is 53.5 Å². The number of hydrazone groups is 1. The quantitative estimate of drug-likeness (QED) is 0.0267. The van der Waals surface area contributed by atoms with Crippen molar-refractivity contribution in [2.24, 2.45) is 26.2 Å². The van der Waals surface area contributed by atoms with Gasteiger partial charge in [-0.3, -0.25) is 25.2 Å². The number of primary sulfonamides is 2. The van der Waals surface area contributed by atoms with Crippen LogP contribution in [0.4, 0.5) is 96.1 Å². The maximum atomic E-state index is 14.1. The summed E-state index contributed by atoms with van der Waals surface area (Å²) in [5.41, 5.74) is 1.55. The first-order valence-electron chi connectivity index (χ1n) is 22.2. The van der Waals surface area contributed by atoms with Gasteiger partial charge in [-0.2, -0.15) is 57.8 Å². The molecule has 0 radical (unpaired) electrons. The number of carbonyl (C=O) groups is 3. The van der Waals surface area contributed by atoms with E-state index >= 15 is 0 Å². The van der Waals surface area contributed by atoms with Crippen molar-refractivity contribution in [3.05, 3.63) is 191 Å². The van der Waals surface area contributed by atoms with E-state index in [4.69, 9.17) is 27.7 Å². The van der Waals surface area contributed by atoms with Crippen molar-refractivity contribution in [1.82, 2.24) is 0 Å². The number of Topliss-reactive ketones (excluding diaryl/α,β-unsaturated/α-hetero) is 1. The summed E-state index contributed by atoms with van der Waals surface area (Å²) in [5.74, 6) is -4.04. The molecule has 86 heavy (non-hydrogen) atoms. The molecule has 7 N–H and O–H groups in total. The molecule has 0 amide bonds. The number of nitrogens with one attached hydrogen (secondary N) is 1. The second-order valence-corrected chi connectivity index (χ2v) is 19.4. The number of alkyl halides is 12. The van der Waals surface area contributed by atoms with E-state index in [1.165, 1.54) is 48.5 Å². The van der Waals surface area contributed by atoms with E-state index < -0.39 is 115 Å². The third kappa shape index (κ3) is 26.2. The summed E-state index contributed by atoms with van der Waals surface area (Å²) >= 11 is 4.92. The van der Waals surface area contributed by atoms with E-state index in [-0.39, 0.29) is 56.3 Å². The average Bonchev–Trinajstić information content (AvgIpc) is 1.90. The van der Waals surface area contributed by atoms with Crippen LogP contribution in [0.2, 0.25) is 0 Å². The number of hydrogen-bond acceptors (Lipinski definition) is 12. The second kappa shape index (κ2) is 32.6. The van der Waals surface area contributed by atoms with Crippen LogP contribution in [0.25, 0.3) is 6.08 Å². The van der Waals surface area contributed by atoms with Gasteiger partial charge in [-0.25, -0.2) is 58.4 Å². The molecule has 36 heteroatoms. The van der Waals surface area contributed by atoms with Gasteiger partial charge in [0.15, 0.2) is 6.29 Å². The number of hydrogen-bond donors (Lipinski definition) is 4. The van der Waals surface area contributed by atoms with Crippen LogP contribution in [0.3, 0.4) is 0 Å². The molecule has 7 rings (SSSR count). The fourth-order valence-electron chi connectivity index (χ4n) is 5.64. The normalized spacial score (nSPS) is 13.4. The molecule has 1 aliphatic rings. The van der Waals surface area contributed by atoms with Crippen LogP contribution in [0, 0.1) is 34.9 Å². The molecule has 0 aliphatic carbocycles. The van der Waals surface area contributed by atoms with E-state index in [2.05, 4.69) is 15.5 Å². The Hall–Kier alpha value is -7.89. The van der Waals surface area contributed by atoms with Crippen LogP contribution < -0.4 is 26.6 Å². The highest BCUT2D eigenvalue weighted by Crippen LogP contribution is 2.40. The monoisotopic (exact) mass is 1330 g/mol. The van der Waals surface area contributed by atoms with Gasteiger partial charge in [0.05, 0.1) is 32.8 Å². The molecule has 0 spiro atoms. The Kier molecular flexibility index (Phi) is 28.8. The summed E-state index contributed by atoms with van der Waals surface area (Å²) in [7, 11) is -7.59. The van der Waals surface area contributed by atoms with Crippen LogP contribution in [-0.2, 0) is 29.6 Å². The molecular weight excluding hydrogens is 1290 g/mol. The van der Waals surface area contributed by atoms with Crippen molar-refractivity contribution >= 4 is 95.9 Å². The maximum Gasteiger partial charge on any atom is 0.454 e. The van der Waals surface area contributed by atoms with Crippen LogP contribution in [0.1, 0.15) is 40.9 Å². The van der Waals surface area contributed by atoms with Crippen molar-refractivity contribution < 1.29 is 110 Å². The number of nitrogens with two attached hydrogens (primary N) is 3. The molecule has 0 fully saturated rings. The number of rotatable bonds is 9. The van der Waals surface area contributed by atoms with Gasteiger partial charge in [0.1, 0.15) is 40.6 Å². The Morgan fingerprint density at radius 2 is 1.06 bits per heavy atom. The van der Waals surface area contributed by atoms with Crippen molar-refractivity contribution in [2.75, 3.05) is 10.4 Å². The van der Waals surface area contributed by atoms with E-state index in [9.17, 15) is 110 Å². The Bertz CT molecular complexity index is 3580. The zero-order valence-corrected chi connectivity index (χ0v) is 45.8. The molecular formula is C50H39Cl2F18N7O7S2. The molecule has 0 saturated heterocycles. The second-order valence-electron chi connectivity index (χ2n) is 16.0. The number of nitrogen functional groups attached to an aromatic ring is 1. The minimum atomic E-state index is -4.99. The number of aldehydes is 1. The molecule has 468 valence electrons. The van der Waals surface area contributed by atoms with Gasteiger partial charge in [0.25, 0.3) is 5.78 Å². The number of ketones is 2. The number of halogens is 20. The number of nitrogens with zero attached hydrogens (tertiary/aromatic N) is 3. The summed E-state index contributed by atoms with van der Waals surface area (Å²) in [4.78, 5) is 32.7. The minimum Gasteiger partial charge on any atom is -0.324 e. The molecule has 1 aliphatic heterocycles. The average molecular weight is 1330 g/mol. The molecule has 0 aromatic heterocycles. The summed E-state index contributed by atoms with van der Waals surface area (Å²) in [6.07, 6.45) is -18.4. The number of allylic oxidation sites excluding steroid dienone is 1. The molecule has 6 aromatic carbocycles. The third-order valence-electron chi connectivity index (χ3n) is 9.70. The Morgan fingerprint density at radius 1 is 0.628 bits per heavy atom. The molecule has 14 nitrogen and oxygen atoms in total. The highest BCUT2D eigenvalue weighted by atomic mass is 35.5.